The normalized spacial score (nSPS) is 10.7. The third-order valence-electron chi connectivity index (χ3n) is 2.44. The molecule has 0 saturated heterocycles. The zero-order chi connectivity index (χ0) is 13.4. The quantitative estimate of drug-likeness (QED) is 0.378. The van der Waals surface area contributed by atoms with Crippen LogP contribution in [0.25, 0.3) is 0 Å². The minimum atomic E-state index is -0.248. The molecule has 0 N–H and O–H groups in total. The maximum absolute atomic E-state index is 12.4. The van der Waals surface area contributed by atoms with Crippen LogP contribution in [-0.4, -0.2) is 5.78 Å². The van der Waals surface area contributed by atoms with Crippen LogP contribution >= 0.6 is 57.7 Å². The summed E-state index contributed by atoms with van der Waals surface area (Å²) in [6, 6.07) is 1.42. The Labute approximate surface area is 128 Å². The van der Waals surface area contributed by atoms with Crippen molar-refractivity contribution in [3.8, 4) is 0 Å². The van der Waals surface area contributed by atoms with E-state index in [9.17, 15) is 4.79 Å². The summed E-state index contributed by atoms with van der Waals surface area (Å²) in [5, 5.41) is 4.29. The van der Waals surface area contributed by atoms with Crippen LogP contribution in [0, 0.1) is 6.92 Å². The van der Waals surface area contributed by atoms with Gasteiger partial charge in [-0.15, -0.1) is 0 Å². The van der Waals surface area contributed by atoms with Crippen molar-refractivity contribution >= 4 is 63.5 Å². The molecule has 0 bridgehead atoms. The van der Waals surface area contributed by atoms with Crippen LogP contribution < -0.4 is 0 Å². The van der Waals surface area contributed by atoms with Crippen molar-refractivity contribution in [2.45, 2.75) is 6.92 Å². The molecule has 0 aliphatic carbocycles. The second-order valence-electron chi connectivity index (χ2n) is 3.64. The molecule has 0 aliphatic rings. The van der Waals surface area contributed by atoms with E-state index in [0.717, 1.165) is 5.56 Å². The molecule has 1 nitrogen and oxygen atoms in total. The van der Waals surface area contributed by atoms with Crippen LogP contribution in [0.1, 0.15) is 21.5 Å². The van der Waals surface area contributed by atoms with Gasteiger partial charge in [-0.25, -0.2) is 0 Å². The van der Waals surface area contributed by atoms with Gasteiger partial charge in [0.1, 0.15) is 0 Å². The smallest absolute Gasteiger partial charge is 0.197 e. The maximum Gasteiger partial charge on any atom is 0.197 e. The van der Waals surface area contributed by atoms with Crippen LogP contribution in [0.2, 0.25) is 20.1 Å². The number of rotatable bonds is 2. The molecule has 6 heteroatoms. The van der Waals surface area contributed by atoms with Crippen LogP contribution in [0.15, 0.2) is 16.8 Å². The van der Waals surface area contributed by atoms with E-state index in [1.807, 2.05) is 12.3 Å². The summed E-state index contributed by atoms with van der Waals surface area (Å²) in [6.07, 6.45) is 0. The van der Waals surface area contributed by atoms with E-state index in [4.69, 9.17) is 46.4 Å². The van der Waals surface area contributed by atoms with Crippen LogP contribution in [0.3, 0.4) is 0 Å². The number of hydrogen-bond acceptors (Lipinski definition) is 2. The first-order valence-electron chi connectivity index (χ1n) is 4.84. The van der Waals surface area contributed by atoms with Gasteiger partial charge in [0.05, 0.1) is 25.7 Å². The zero-order valence-electron chi connectivity index (χ0n) is 9.06. The van der Waals surface area contributed by atoms with Crippen molar-refractivity contribution in [2.75, 3.05) is 0 Å². The van der Waals surface area contributed by atoms with Gasteiger partial charge in [0, 0.05) is 10.9 Å². The highest BCUT2D eigenvalue weighted by Gasteiger charge is 2.22. The number of hydrogen-bond donors (Lipinski definition) is 0. The van der Waals surface area contributed by atoms with Gasteiger partial charge in [0.2, 0.25) is 0 Å². The summed E-state index contributed by atoms with van der Waals surface area (Å²) in [5.74, 6) is -0.248. The molecule has 1 heterocycles. The fourth-order valence-electron chi connectivity index (χ4n) is 1.50. The molecular formula is C12H6Cl4OS. The highest BCUT2D eigenvalue weighted by molar-refractivity contribution is 7.08. The van der Waals surface area contributed by atoms with Gasteiger partial charge < -0.3 is 0 Å². The van der Waals surface area contributed by atoms with E-state index >= 15 is 0 Å². The van der Waals surface area contributed by atoms with Crippen LogP contribution in [0.5, 0.6) is 0 Å². The van der Waals surface area contributed by atoms with Crippen molar-refractivity contribution in [3.05, 3.63) is 53.6 Å². The van der Waals surface area contributed by atoms with E-state index in [2.05, 4.69) is 0 Å². The largest absolute Gasteiger partial charge is 0.288 e. The maximum atomic E-state index is 12.4. The van der Waals surface area contributed by atoms with Gasteiger partial charge in [-0.05, 0) is 23.9 Å². The molecule has 0 radical (unpaired) electrons. The number of aryl methyl sites for hydroxylation is 1. The fourth-order valence-corrected chi connectivity index (χ4v) is 3.41. The Balaban J connectivity index is 2.63. The fraction of sp³-hybridized carbons (Fsp3) is 0.0833. The summed E-state index contributed by atoms with van der Waals surface area (Å²) in [7, 11) is 0. The summed E-state index contributed by atoms with van der Waals surface area (Å²) < 4.78 is 0. The van der Waals surface area contributed by atoms with Gasteiger partial charge in [0.15, 0.2) is 5.78 Å². The Morgan fingerprint density at radius 1 is 1.06 bits per heavy atom. The zero-order valence-corrected chi connectivity index (χ0v) is 12.9. The van der Waals surface area contributed by atoms with Crippen molar-refractivity contribution < 1.29 is 4.79 Å². The highest BCUT2D eigenvalue weighted by Crippen LogP contribution is 2.38. The van der Waals surface area contributed by atoms with Gasteiger partial charge >= 0.3 is 0 Å². The first-order chi connectivity index (χ1) is 8.43. The number of carbonyl (C=O) groups excluding carboxylic acids is 1. The lowest BCUT2D eigenvalue weighted by molar-refractivity contribution is 0.103. The molecule has 1 aromatic carbocycles. The molecule has 0 unspecified atom stereocenters. The molecule has 0 fully saturated rings. The van der Waals surface area contributed by atoms with E-state index in [0.29, 0.717) is 5.56 Å². The Morgan fingerprint density at radius 2 is 1.72 bits per heavy atom. The molecule has 2 rings (SSSR count). The Hall–Kier alpha value is -0.250. The average Bonchev–Trinajstić information content (AvgIpc) is 2.72. The number of carbonyl (C=O) groups is 1. The van der Waals surface area contributed by atoms with Crippen molar-refractivity contribution in [3.63, 3.8) is 0 Å². The Bertz CT molecular complexity index is 633. The number of thiophene rings is 1. The molecule has 18 heavy (non-hydrogen) atoms. The second kappa shape index (κ2) is 5.40. The molecule has 0 amide bonds. The third-order valence-corrected chi connectivity index (χ3v) is 4.86. The third kappa shape index (κ3) is 2.40. The van der Waals surface area contributed by atoms with Crippen molar-refractivity contribution in [1.82, 2.24) is 0 Å². The molecule has 94 valence electrons. The Morgan fingerprint density at radius 3 is 2.28 bits per heavy atom. The number of halogens is 4. The predicted molar refractivity (Wildman–Crippen MR) is 79.0 cm³/mol. The van der Waals surface area contributed by atoms with Crippen LogP contribution in [-0.2, 0) is 0 Å². The monoisotopic (exact) mass is 338 g/mol. The molecule has 0 spiro atoms. The van der Waals surface area contributed by atoms with Crippen molar-refractivity contribution in [1.29, 1.82) is 0 Å². The minimum Gasteiger partial charge on any atom is -0.288 e. The molecule has 0 aliphatic heterocycles. The van der Waals surface area contributed by atoms with E-state index in [-0.39, 0.29) is 31.4 Å². The number of benzene rings is 1. The number of ketones is 1. The summed E-state index contributed by atoms with van der Waals surface area (Å²) in [5.41, 5.74) is 1.64. The standard InChI is InChI=1S/C12H6Cl4OS/c1-5-3-18-4-6(5)12(17)9-7(13)2-8(14)10(15)11(9)16/h2-4H,1H3. The first-order valence-corrected chi connectivity index (χ1v) is 7.29. The second-order valence-corrected chi connectivity index (χ2v) is 5.95. The van der Waals surface area contributed by atoms with Crippen molar-refractivity contribution in [2.24, 2.45) is 0 Å². The first kappa shape index (κ1) is 14.2. The van der Waals surface area contributed by atoms with E-state index in [1.54, 1.807) is 5.38 Å². The predicted octanol–water partition coefficient (Wildman–Crippen LogP) is 5.90. The van der Waals surface area contributed by atoms with Gasteiger partial charge in [-0.1, -0.05) is 46.4 Å². The highest BCUT2D eigenvalue weighted by atomic mass is 35.5. The molecule has 2 aromatic rings. The minimum absolute atomic E-state index is 0.0877. The average molecular weight is 340 g/mol. The van der Waals surface area contributed by atoms with Crippen LogP contribution in [0.4, 0.5) is 0 Å². The van der Waals surface area contributed by atoms with Gasteiger partial charge in [-0.3, -0.25) is 4.79 Å². The topological polar surface area (TPSA) is 17.1 Å². The summed E-state index contributed by atoms with van der Waals surface area (Å²) >= 11 is 25.3. The SMILES string of the molecule is Cc1cscc1C(=O)c1c(Cl)cc(Cl)c(Cl)c1Cl. The Kier molecular flexibility index (Phi) is 4.25. The summed E-state index contributed by atoms with van der Waals surface area (Å²) in [4.78, 5) is 12.4. The lowest BCUT2D eigenvalue weighted by Gasteiger charge is -2.09. The van der Waals surface area contributed by atoms with Gasteiger partial charge in [0.25, 0.3) is 0 Å². The van der Waals surface area contributed by atoms with E-state index in [1.165, 1.54) is 17.4 Å². The molecular weight excluding hydrogens is 334 g/mol. The van der Waals surface area contributed by atoms with E-state index < -0.39 is 0 Å². The molecule has 0 saturated carbocycles. The molecule has 0 atom stereocenters. The summed E-state index contributed by atoms with van der Waals surface area (Å²) in [6.45, 7) is 1.85. The van der Waals surface area contributed by atoms with Gasteiger partial charge in [-0.2, -0.15) is 11.3 Å². The lowest BCUT2D eigenvalue weighted by Crippen LogP contribution is -2.04. The molecule has 1 aromatic heterocycles. The lowest BCUT2D eigenvalue weighted by atomic mass is 10.0.